The van der Waals surface area contributed by atoms with Crippen LogP contribution in [0.3, 0.4) is 0 Å². The van der Waals surface area contributed by atoms with Crippen LogP contribution in [0.25, 0.3) is 0 Å². The monoisotopic (exact) mass is 316 g/mol. The van der Waals surface area contributed by atoms with Crippen LogP contribution in [0.15, 0.2) is 33.6 Å². The molecule has 8 heteroatoms. The van der Waals surface area contributed by atoms with Crippen LogP contribution < -0.4 is 0 Å². The van der Waals surface area contributed by atoms with Crippen LogP contribution in [0, 0.1) is 6.92 Å². The first-order valence-corrected chi connectivity index (χ1v) is 9.17. The van der Waals surface area contributed by atoms with Gasteiger partial charge in [-0.15, -0.1) is 4.40 Å². The van der Waals surface area contributed by atoms with Crippen molar-refractivity contribution in [1.29, 1.82) is 0 Å². The smallest absolute Gasteiger partial charge is 0.284 e. The Labute approximate surface area is 119 Å². The zero-order valence-electron chi connectivity index (χ0n) is 11.3. The molecule has 1 aliphatic heterocycles. The molecule has 1 heterocycles. The van der Waals surface area contributed by atoms with E-state index in [1.807, 2.05) is 6.92 Å². The predicted octanol–water partition coefficient (Wildman–Crippen LogP) is 0.790. The zero-order valence-corrected chi connectivity index (χ0v) is 12.9. The van der Waals surface area contributed by atoms with Crippen LogP contribution in [0.2, 0.25) is 0 Å². The van der Waals surface area contributed by atoms with Gasteiger partial charge >= 0.3 is 0 Å². The van der Waals surface area contributed by atoms with E-state index in [2.05, 4.69) is 4.40 Å². The quantitative estimate of drug-likeness (QED) is 0.805. The lowest BCUT2D eigenvalue weighted by atomic mass is 10.2. The Bertz CT molecular complexity index is 734. The maximum Gasteiger partial charge on any atom is 0.284 e. The fourth-order valence-electron chi connectivity index (χ4n) is 1.91. The molecule has 1 aliphatic rings. The first kappa shape index (κ1) is 15.0. The molecule has 0 aromatic heterocycles. The topological polar surface area (TPSA) is 83.9 Å². The van der Waals surface area contributed by atoms with E-state index < -0.39 is 19.9 Å². The van der Waals surface area contributed by atoms with E-state index in [1.165, 1.54) is 24.1 Å². The van der Waals surface area contributed by atoms with Gasteiger partial charge in [-0.25, -0.2) is 8.42 Å². The zero-order chi connectivity index (χ0) is 15.0. The van der Waals surface area contributed by atoms with E-state index in [0.29, 0.717) is 13.0 Å². The molecular weight excluding hydrogens is 300 g/mol. The minimum Gasteiger partial charge on any atom is -0.350 e. The number of hydrogen-bond acceptors (Lipinski definition) is 4. The molecular formula is C12H16N2O4S2. The van der Waals surface area contributed by atoms with Crippen LogP contribution in [-0.4, -0.2) is 46.2 Å². The summed E-state index contributed by atoms with van der Waals surface area (Å²) in [7, 11) is -6.11. The summed E-state index contributed by atoms with van der Waals surface area (Å²) in [5.41, 5.74) is 0.916. The Balaban J connectivity index is 2.49. The maximum atomic E-state index is 12.2. The molecule has 0 atom stereocenters. The fourth-order valence-corrected chi connectivity index (χ4v) is 4.85. The molecule has 1 saturated heterocycles. The molecule has 1 fully saturated rings. The van der Waals surface area contributed by atoms with Crippen molar-refractivity contribution in [3.63, 3.8) is 0 Å². The molecule has 1 aromatic carbocycles. The third-order valence-electron chi connectivity index (χ3n) is 3.03. The molecule has 2 rings (SSSR count). The lowest BCUT2D eigenvalue weighted by Gasteiger charge is -2.25. The van der Waals surface area contributed by atoms with Crippen molar-refractivity contribution in [1.82, 2.24) is 4.90 Å². The van der Waals surface area contributed by atoms with E-state index >= 15 is 0 Å². The van der Waals surface area contributed by atoms with Gasteiger partial charge in [0, 0.05) is 13.6 Å². The molecule has 110 valence electrons. The molecule has 0 amide bonds. The molecule has 0 radical (unpaired) electrons. The van der Waals surface area contributed by atoms with E-state index in [4.69, 9.17) is 0 Å². The largest absolute Gasteiger partial charge is 0.350 e. The van der Waals surface area contributed by atoms with Gasteiger partial charge in [0.05, 0.1) is 10.6 Å². The third kappa shape index (κ3) is 3.01. The molecule has 1 aromatic rings. The van der Waals surface area contributed by atoms with Crippen molar-refractivity contribution in [2.75, 3.05) is 19.3 Å². The Kier molecular flexibility index (Phi) is 3.88. The average molecular weight is 316 g/mol. The van der Waals surface area contributed by atoms with Gasteiger partial charge in [0.1, 0.15) is 0 Å². The van der Waals surface area contributed by atoms with Crippen molar-refractivity contribution in [3.8, 4) is 0 Å². The number of nitrogens with zero attached hydrogens (tertiary/aromatic N) is 2. The van der Waals surface area contributed by atoms with Gasteiger partial charge in [0.25, 0.3) is 10.0 Å². The van der Waals surface area contributed by atoms with Gasteiger partial charge in [0.2, 0.25) is 15.0 Å². The molecule has 0 unspecified atom stereocenters. The first-order chi connectivity index (χ1) is 9.22. The minimum atomic E-state index is -4.01. The Morgan fingerprint density at radius 3 is 2.35 bits per heavy atom. The highest BCUT2D eigenvalue weighted by molar-refractivity contribution is 8.07. The van der Waals surface area contributed by atoms with Gasteiger partial charge < -0.3 is 4.90 Å². The van der Waals surface area contributed by atoms with Crippen molar-refractivity contribution in [3.05, 3.63) is 29.8 Å². The molecule has 0 N–H and O–H groups in total. The predicted molar refractivity (Wildman–Crippen MR) is 76.8 cm³/mol. The molecule has 0 aliphatic carbocycles. The summed E-state index contributed by atoms with van der Waals surface area (Å²) in [4.78, 5) is 1.36. The van der Waals surface area contributed by atoms with Gasteiger partial charge in [-0.2, -0.15) is 8.42 Å². The van der Waals surface area contributed by atoms with E-state index in [-0.39, 0.29) is 15.8 Å². The van der Waals surface area contributed by atoms with Gasteiger partial charge in [0.15, 0.2) is 0 Å². The third-order valence-corrected chi connectivity index (χ3v) is 6.21. The number of sulfonamides is 1. The first-order valence-electron chi connectivity index (χ1n) is 6.08. The molecule has 0 spiro atoms. The van der Waals surface area contributed by atoms with Crippen LogP contribution in [0.1, 0.15) is 12.0 Å². The SMILES string of the molecule is Cc1ccc(S(=O)(=O)/N=C2\N(C)CCCS2(=O)=O)cc1. The standard InChI is InChI=1S/C12H16N2O4S2/c1-10-4-6-11(7-5-10)20(17,18)13-12-14(2)8-3-9-19(12,15)16/h4-7H,3,8-9H2,1-2H3/b13-12+. The number of hydrogen-bond donors (Lipinski definition) is 0. The summed E-state index contributed by atoms with van der Waals surface area (Å²) in [6.07, 6.45) is 0.475. The van der Waals surface area contributed by atoms with E-state index in [9.17, 15) is 16.8 Å². The number of rotatable bonds is 2. The van der Waals surface area contributed by atoms with Crippen LogP contribution in [0.4, 0.5) is 0 Å². The summed E-state index contributed by atoms with van der Waals surface area (Å²) in [6.45, 7) is 2.31. The summed E-state index contributed by atoms with van der Waals surface area (Å²) in [6, 6.07) is 6.13. The van der Waals surface area contributed by atoms with Gasteiger partial charge in [-0.1, -0.05) is 17.7 Å². The number of aryl methyl sites for hydroxylation is 1. The Morgan fingerprint density at radius 2 is 1.80 bits per heavy atom. The molecule has 6 nitrogen and oxygen atoms in total. The number of benzene rings is 1. The van der Waals surface area contributed by atoms with Gasteiger partial charge in [-0.3, -0.25) is 0 Å². The maximum absolute atomic E-state index is 12.2. The lowest BCUT2D eigenvalue weighted by Crippen LogP contribution is -2.41. The Morgan fingerprint density at radius 1 is 1.20 bits per heavy atom. The number of amidine groups is 1. The molecule has 20 heavy (non-hydrogen) atoms. The van der Waals surface area contributed by atoms with E-state index in [0.717, 1.165) is 5.56 Å². The summed E-state index contributed by atoms with van der Waals surface area (Å²) in [5.74, 6) is -0.0699. The second-order valence-corrected chi connectivity index (χ2v) is 8.36. The Hall–Kier alpha value is -1.41. The van der Waals surface area contributed by atoms with Crippen LogP contribution >= 0.6 is 0 Å². The van der Waals surface area contributed by atoms with Crippen molar-refractivity contribution >= 4 is 25.0 Å². The van der Waals surface area contributed by atoms with Crippen molar-refractivity contribution in [2.24, 2.45) is 4.40 Å². The van der Waals surface area contributed by atoms with Crippen LogP contribution in [0.5, 0.6) is 0 Å². The normalized spacial score (nSPS) is 21.1. The molecule has 0 saturated carbocycles. The fraction of sp³-hybridized carbons (Fsp3) is 0.417. The summed E-state index contributed by atoms with van der Waals surface area (Å²) >= 11 is 0. The second-order valence-electron chi connectivity index (χ2n) is 4.76. The summed E-state index contributed by atoms with van der Waals surface area (Å²) < 4.78 is 51.7. The minimum absolute atomic E-state index is 0.00947. The van der Waals surface area contributed by atoms with Crippen molar-refractivity contribution in [2.45, 2.75) is 18.2 Å². The lowest BCUT2D eigenvalue weighted by molar-refractivity contribution is 0.486. The van der Waals surface area contributed by atoms with Gasteiger partial charge in [-0.05, 0) is 25.5 Å². The molecule has 0 bridgehead atoms. The van der Waals surface area contributed by atoms with Crippen LogP contribution in [-0.2, 0) is 19.9 Å². The average Bonchev–Trinajstić information content (AvgIpc) is 2.34. The summed E-state index contributed by atoms with van der Waals surface area (Å²) in [5, 5.41) is -0.371. The van der Waals surface area contributed by atoms with Crippen molar-refractivity contribution < 1.29 is 16.8 Å². The van der Waals surface area contributed by atoms with E-state index in [1.54, 1.807) is 12.1 Å². The highest BCUT2D eigenvalue weighted by Gasteiger charge is 2.30. The highest BCUT2D eigenvalue weighted by Crippen LogP contribution is 2.17. The number of sulfone groups is 1. The highest BCUT2D eigenvalue weighted by atomic mass is 32.2. The second kappa shape index (κ2) is 5.17.